The second-order valence-corrected chi connectivity index (χ2v) is 5.91. The Kier molecular flexibility index (Phi) is 3.31. The van der Waals surface area contributed by atoms with Crippen LogP contribution in [0.1, 0.15) is 22.1 Å². The molecule has 0 saturated heterocycles. The summed E-state index contributed by atoms with van der Waals surface area (Å²) >= 11 is 7.63. The van der Waals surface area contributed by atoms with E-state index >= 15 is 0 Å². The van der Waals surface area contributed by atoms with Gasteiger partial charge in [-0.15, -0.1) is 11.3 Å². The van der Waals surface area contributed by atoms with Crippen LogP contribution in [-0.4, -0.2) is 5.11 Å². The van der Waals surface area contributed by atoms with Crippen molar-refractivity contribution in [3.05, 3.63) is 68.9 Å². The van der Waals surface area contributed by atoms with Gasteiger partial charge in [0.25, 0.3) is 0 Å². The Morgan fingerprint density at radius 1 is 1.11 bits per heavy atom. The Balaban J connectivity index is 2.24. The van der Waals surface area contributed by atoms with E-state index in [0.717, 1.165) is 26.8 Å². The van der Waals surface area contributed by atoms with Crippen LogP contribution in [0.3, 0.4) is 0 Å². The van der Waals surface area contributed by atoms with Gasteiger partial charge >= 0.3 is 0 Å². The molecule has 0 amide bonds. The van der Waals surface area contributed by atoms with Crippen LogP contribution >= 0.6 is 22.9 Å². The zero-order chi connectivity index (χ0) is 13.4. The monoisotopic (exact) mass is 288 g/mol. The fourth-order valence-electron chi connectivity index (χ4n) is 2.40. The molecule has 3 rings (SSSR count). The number of rotatable bonds is 2. The van der Waals surface area contributed by atoms with Crippen LogP contribution in [0.25, 0.3) is 10.8 Å². The van der Waals surface area contributed by atoms with Crippen molar-refractivity contribution in [2.75, 3.05) is 0 Å². The minimum atomic E-state index is -0.668. The highest BCUT2D eigenvalue weighted by Crippen LogP contribution is 2.37. The third-order valence-electron chi connectivity index (χ3n) is 3.36. The number of benzene rings is 2. The minimum Gasteiger partial charge on any atom is -0.383 e. The molecule has 1 aromatic heterocycles. The lowest BCUT2D eigenvalue weighted by molar-refractivity contribution is 0.225. The van der Waals surface area contributed by atoms with Gasteiger partial charge in [0.15, 0.2) is 0 Å². The third-order valence-corrected chi connectivity index (χ3v) is 4.77. The number of aryl methyl sites for hydroxylation is 1. The summed E-state index contributed by atoms with van der Waals surface area (Å²) in [5.41, 5.74) is 2.03. The molecule has 1 nitrogen and oxygen atoms in total. The van der Waals surface area contributed by atoms with E-state index < -0.39 is 6.10 Å². The highest BCUT2D eigenvalue weighted by Gasteiger charge is 2.19. The maximum absolute atomic E-state index is 10.7. The molecule has 0 aliphatic heterocycles. The van der Waals surface area contributed by atoms with Crippen LogP contribution in [-0.2, 0) is 0 Å². The van der Waals surface area contributed by atoms with E-state index in [2.05, 4.69) is 12.1 Å². The van der Waals surface area contributed by atoms with Crippen molar-refractivity contribution in [1.82, 2.24) is 0 Å². The van der Waals surface area contributed by atoms with Gasteiger partial charge in [-0.05, 0) is 40.3 Å². The van der Waals surface area contributed by atoms with E-state index in [1.165, 1.54) is 11.3 Å². The number of hydrogen-bond donors (Lipinski definition) is 1. The summed E-state index contributed by atoms with van der Waals surface area (Å²) < 4.78 is 0. The van der Waals surface area contributed by atoms with Gasteiger partial charge in [0.05, 0.1) is 9.90 Å². The Labute approximate surface area is 121 Å². The Morgan fingerprint density at radius 2 is 1.89 bits per heavy atom. The molecule has 1 unspecified atom stereocenters. The van der Waals surface area contributed by atoms with Crippen LogP contribution in [0.15, 0.2) is 47.8 Å². The largest absolute Gasteiger partial charge is 0.383 e. The Morgan fingerprint density at radius 3 is 2.63 bits per heavy atom. The van der Waals surface area contributed by atoms with Gasteiger partial charge < -0.3 is 5.11 Å². The summed E-state index contributed by atoms with van der Waals surface area (Å²) in [5.74, 6) is 0. The first-order chi connectivity index (χ1) is 9.18. The molecule has 0 aliphatic carbocycles. The summed E-state index contributed by atoms with van der Waals surface area (Å²) in [6.45, 7) is 2.02. The standard InChI is InChI=1S/C16H13ClOS/c1-10-6-7-11-4-2-3-5-12(11)14(10)15(18)16-13(17)8-9-19-16/h2-9,15,18H,1H3. The molecule has 1 N–H and O–H groups in total. The fraction of sp³-hybridized carbons (Fsp3) is 0.125. The molecule has 3 aromatic rings. The zero-order valence-electron chi connectivity index (χ0n) is 10.4. The number of fused-ring (bicyclic) bond motifs is 1. The van der Waals surface area contributed by atoms with Gasteiger partial charge in [-0.25, -0.2) is 0 Å². The van der Waals surface area contributed by atoms with Crippen LogP contribution in [0.5, 0.6) is 0 Å². The lowest BCUT2D eigenvalue weighted by atomic mass is 9.95. The summed E-state index contributed by atoms with van der Waals surface area (Å²) in [5, 5.41) is 15.4. The van der Waals surface area contributed by atoms with E-state index in [0.29, 0.717) is 5.02 Å². The molecule has 0 saturated carbocycles. The fourth-order valence-corrected chi connectivity index (χ4v) is 3.55. The van der Waals surface area contributed by atoms with Gasteiger partial charge in [-0.3, -0.25) is 0 Å². The van der Waals surface area contributed by atoms with E-state index in [1.807, 2.05) is 42.6 Å². The quantitative estimate of drug-likeness (QED) is 0.708. The predicted octanol–water partition coefficient (Wildman–Crippen LogP) is 4.94. The highest BCUT2D eigenvalue weighted by atomic mass is 35.5. The third kappa shape index (κ3) is 2.16. The van der Waals surface area contributed by atoms with E-state index in [4.69, 9.17) is 11.6 Å². The Hall–Kier alpha value is -1.35. The number of aliphatic hydroxyl groups excluding tert-OH is 1. The van der Waals surface area contributed by atoms with Gasteiger partial charge in [0.1, 0.15) is 6.10 Å². The first-order valence-electron chi connectivity index (χ1n) is 6.07. The normalized spacial score (nSPS) is 12.8. The molecule has 0 fully saturated rings. The topological polar surface area (TPSA) is 20.2 Å². The number of aliphatic hydroxyl groups is 1. The predicted molar refractivity (Wildman–Crippen MR) is 82.1 cm³/mol. The van der Waals surface area contributed by atoms with Crippen molar-refractivity contribution in [2.24, 2.45) is 0 Å². The van der Waals surface area contributed by atoms with Crippen molar-refractivity contribution in [3.8, 4) is 0 Å². The molecule has 19 heavy (non-hydrogen) atoms. The van der Waals surface area contributed by atoms with Gasteiger partial charge in [0, 0.05) is 0 Å². The lowest BCUT2D eigenvalue weighted by Gasteiger charge is -2.16. The van der Waals surface area contributed by atoms with E-state index in [9.17, 15) is 5.11 Å². The summed E-state index contributed by atoms with van der Waals surface area (Å²) in [7, 11) is 0. The number of halogens is 1. The van der Waals surface area contributed by atoms with Gasteiger partial charge in [-0.1, -0.05) is 48.0 Å². The summed E-state index contributed by atoms with van der Waals surface area (Å²) in [6, 6.07) is 14.0. The highest BCUT2D eigenvalue weighted by molar-refractivity contribution is 7.10. The Bertz CT molecular complexity index is 732. The number of thiophene rings is 1. The van der Waals surface area contributed by atoms with Crippen molar-refractivity contribution >= 4 is 33.7 Å². The average Bonchev–Trinajstić information content (AvgIpc) is 2.84. The molecule has 1 heterocycles. The van der Waals surface area contributed by atoms with Crippen LogP contribution in [0.4, 0.5) is 0 Å². The molecule has 3 heteroatoms. The molecule has 96 valence electrons. The SMILES string of the molecule is Cc1ccc2ccccc2c1C(O)c1sccc1Cl. The molecular formula is C16H13ClOS. The second-order valence-electron chi connectivity index (χ2n) is 4.55. The van der Waals surface area contributed by atoms with Crippen molar-refractivity contribution < 1.29 is 5.11 Å². The van der Waals surface area contributed by atoms with Crippen molar-refractivity contribution in [1.29, 1.82) is 0 Å². The first kappa shape index (κ1) is 12.7. The molecule has 0 radical (unpaired) electrons. The smallest absolute Gasteiger partial charge is 0.116 e. The van der Waals surface area contributed by atoms with Crippen LogP contribution in [0.2, 0.25) is 5.02 Å². The van der Waals surface area contributed by atoms with Crippen molar-refractivity contribution in [2.45, 2.75) is 13.0 Å². The maximum atomic E-state index is 10.7. The van der Waals surface area contributed by atoms with Crippen molar-refractivity contribution in [3.63, 3.8) is 0 Å². The maximum Gasteiger partial charge on any atom is 0.116 e. The minimum absolute atomic E-state index is 0.629. The van der Waals surface area contributed by atoms with Crippen LogP contribution < -0.4 is 0 Å². The number of hydrogen-bond acceptors (Lipinski definition) is 2. The molecule has 2 aromatic carbocycles. The first-order valence-corrected chi connectivity index (χ1v) is 7.33. The zero-order valence-corrected chi connectivity index (χ0v) is 12.0. The van der Waals surface area contributed by atoms with Gasteiger partial charge in [0.2, 0.25) is 0 Å². The molecule has 1 atom stereocenters. The summed E-state index contributed by atoms with van der Waals surface area (Å²) in [4.78, 5) is 0.807. The van der Waals surface area contributed by atoms with E-state index in [1.54, 1.807) is 0 Å². The lowest BCUT2D eigenvalue weighted by Crippen LogP contribution is -2.01. The van der Waals surface area contributed by atoms with E-state index in [-0.39, 0.29) is 0 Å². The average molecular weight is 289 g/mol. The molecule has 0 aliphatic rings. The summed E-state index contributed by atoms with van der Waals surface area (Å²) in [6.07, 6.45) is -0.668. The van der Waals surface area contributed by atoms with Crippen LogP contribution in [0, 0.1) is 6.92 Å². The molecule has 0 spiro atoms. The molecular weight excluding hydrogens is 276 g/mol. The second kappa shape index (κ2) is 4.97. The van der Waals surface area contributed by atoms with Gasteiger partial charge in [-0.2, -0.15) is 0 Å². The molecule has 0 bridgehead atoms.